The average Bonchev–Trinajstić information content (AvgIpc) is 3.33. The number of aliphatic hydroxyl groups is 1. The van der Waals surface area contributed by atoms with Gasteiger partial charge in [-0.25, -0.2) is 4.79 Å². The Morgan fingerprint density at radius 1 is 1.14 bits per heavy atom. The zero-order valence-corrected chi connectivity index (χ0v) is 21.1. The maximum absolute atomic E-state index is 12.5. The highest BCUT2D eigenvalue weighted by Crippen LogP contribution is 2.69. The van der Waals surface area contributed by atoms with Crippen molar-refractivity contribution in [1.82, 2.24) is 5.32 Å². The van der Waals surface area contributed by atoms with Gasteiger partial charge in [0.15, 0.2) is 0 Å². The topological polar surface area (TPSA) is 145 Å². The predicted molar refractivity (Wildman–Crippen MR) is 129 cm³/mol. The number of amides is 2. The van der Waals surface area contributed by atoms with Gasteiger partial charge in [-0.15, -0.1) is 0 Å². The minimum atomic E-state index is -0.896. The maximum atomic E-state index is 12.5. The summed E-state index contributed by atoms with van der Waals surface area (Å²) >= 11 is 0. The molecule has 0 radical (unpaired) electrons. The minimum Gasteiger partial charge on any atom is -0.458 e. The average molecular weight is 488 g/mol. The van der Waals surface area contributed by atoms with Crippen molar-refractivity contribution >= 4 is 17.8 Å². The second kappa shape index (κ2) is 8.58. The lowest BCUT2D eigenvalue weighted by Gasteiger charge is -2.64. The second-order valence-corrected chi connectivity index (χ2v) is 12.5. The van der Waals surface area contributed by atoms with Crippen molar-refractivity contribution in [3.05, 3.63) is 11.6 Å². The molecule has 0 aromatic rings. The lowest BCUT2D eigenvalue weighted by Crippen LogP contribution is -2.63. The maximum Gasteiger partial charge on any atom is 0.331 e. The lowest BCUT2D eigenvalue weighted by atomic mass is 9.43. The van der Waals surface area contributed by atoms with Gasteiger partial charge in [-0.3, -0.25) is 9.59 Å². The molecule has 8 heteroatoms. The molecule has 8 nitrogen and oxygen atoms in total. The van der Waals surface area contributed by atoms with Crippen LogP contribution < -0.4 is 16.8 Å². The van der Waals surface area contributed by atoms with Gasteiger partial charge in [-0.2, -0.15) is 0 Å². The van der Waals surface area contributed by atoms with E-state index in [1.54, 1.807) is 6.08 Å². The first-order valence-corrected chi connectivity index (χ1v) is 13.4. The first-order chi connectivity index (χ1) is 16.5. The summed E-state index contributed by atoms with van der Waals surface area (Å²) in [5.74, 6) is 0.310. The number of nitrogens with one attached hydrogen (secondary N) is 1. The summed E-state index contributed by atoms with van der Waals surface area (Å²) in [6.45, 7) is 5.04. The van der Waals surface area contributed by atoms with Crippen LogP contribution in [0.15, 0.2) is 11.6 Å². The summed E-state index contributed by atoms with van der Waals surface area (Å²) in [4.78, 5) is 35.3. The van der Waals surface area contributed by atoms with Crippen LogP contribution >= 0.6 is 0 Å². The van der Waals surface area contributed by atoms with Crippen LogP contribution in [0.25, 0.3) is 0 Å². The Bertz CT molecular complexity index is 951. The molecule has 4 fully saturated rings. The Morgan fingerprint density at radius 2 is 1.91 bits per heavy atom. The number of carbonyl (C=O) groups excluding carboxylic acids is 3. The standard InChI is InChI=1S/C27H41N3O5/c1-25-8-5-17(30-24(33)21(28)13-22(29)31)12-16(25)3-4-20-19(25)6-9-26(2)18(7-10-27(20,26)34)15-11-23(32)35-14-15/h11,16-21,34H,3-10,12-14,28H2,1-2H3,(H2,29,31)(H,30,33)/t16-,17+,18-,19+,20-,21+,25+,26-,27+/m1/s1. The number of nitrogens with two attached hydrogens (primary N) is 2. The van der Waals surface area contributed by atoms with Gasteiger partial charge in [0.25, 0.3) is 0 Å². The molecule has 0 unspecified atom stereocenters. The molecule has 0 spiro atoms. The number of hydrogen-bond donors (Lipinski definition) is 4. The van der Waals surface area contributed by atoms with Crippen LogP contribution in [0.2, 0.25) is 0 Å². The van der Waals surface area contributed by atoms with Gasteiger partial charge in [0, 0.05) is 17.5 Å². The Hall–Kier alpha value is -1.93. The molecule has 1 aliphatic heterocycles. The molecule has 1 heterocycles. The molecule has 4 saturated carbocycles. The number of cyclic esters (lactones) is 1. The van der Waals surface area contributed by atoms with E-state index in [1.807, 2.05) is 0 Å². The van der Waals surface area contributed by atoms with Gasteiger partial charge in [0.1, 0.15) is 6.61 Å². The first-order valence-electron chi connectivity index (χ1n) is 13.4. The quantitative estimate of drug-likeness (QED) is 0.436. The van der Waals surface area contributed by atoms with Crippen LogP contribution in [0.1, 0.15) is 78.1 Å². The van der Waals surface area contributed by atoms with Crippen LogP contribution in [-0.4, -0.2) is 47.2 Å². The second-order valence-electron chi connectivity index (χ2n) is 12.5. The number of primary amides is 1. The first kappa shape index (κ1) is 24.8. The molecule has 4 aliphatic carbocycles. The van der Waals surface area contributed by atoms with Crippen LogP contribution in [-0.2, 0) is 19.1 Å². The van der Waals surface area contributed by atoms with Gasteiger partial charge in [0.2, 0.25) is 11.8 Å². The largest absolute Gasteiger partial charge is 0.458 e. The third-order valence-electron chi connectivity index (χ3n) is 11.1. The van der Waals surface area contributed by atoms with E-state index in [4.69, 9.17) is 16.2 Å². The van der Waals surface area contributed by atoms with E-state index < -0.39 is 17.6 Å². The molecule has 5 aliphatic rings. The number of esters is 1. The highest BCUT2D eigenvalue weighted by Gasteiger charge is 2.67. The van der Waals surface area contributed by atoms with E-state index in [-0.39, 0.29) is 47.0 Å². The summed E-state index contributed by atoms with van der Waals surface area (Å²) < 4.78 is 5.23. The predicted octanol–water partition coefficient (Wildman–Crippen LogP) is 1.93. The van der Waals surface area contributed by atoms with Crippen LogP contribution in [0.4, 0.5) is 0 Å². The Labute approximate surface area is 207 Å². The molecule has 35 heavy (non-hydrogen) atoms. The summed E-state index contributed by atoms with van der Waals surface area (Å²) in [5.41, 5.74) is 11.3. The molecule has 0 aromatic carbocycles. The lowest BCUT2D eigenvalue weighted by molar-refractivity contribution is -0.205. The fourth-order valence-electron chi connectivity index (χ4n) is 9.16. The molecule has 5 rings (SSSR count). The zero-order chi connectivity index (χ0) is 25.2. The van der Waals surface area contributed by atoms with E-state index in [9.17, 15) is 19.5 Å². The molecule has 0 saturated heterocycles. The Balaban J connectivity index is 1.29. The molecular formula is C27H41N3O5. The summed E-state index contributed by atoms with van der Waals surface area (Å²) in [7, 11) is 0. The Morgan fingerprint density at radius 3 is 2.60 bits per heavy atom. The molecule has 2 amide bonds. The number of rotatable bonds is 5. The summed E-state index contributed by atoms with van der Waals surface area (Å²) in [6.07, 6.45) is 10.1. The van der Waals surface area contributed by atoms with Crippen molar-refractivity contribution in [2.75, 3.05) is 6.61 Å². The number of fused-ring (bicyclic) bond motifs is 5. The van der Waals surface area contributed by atoms with Crippen LogP contribution in [0.3, 0.4) is 0 Å². The van der Waals surface area contributed by atoms with Gasteiger partial charge in [-0.1, -0.05) is 13.8 Å². The minimum absolute atomic E-state index is 0.0655. The molecular weight excluding hydrogens is 446 g/mol. The van der Waals surface area contributed by atoms with Crippen molar-refractivity contribution < 1.29 is 24.2 Å². The van der Waals surface area contributed by atoms with Crippen molar-refractivity contribution in [2.45, 2.75) is 95.7 Å². The van der Waals surface area contributed by atoms with Crippen molar-refractivity contribution in [1.29, 1.82) is 0 Å². The third-order valence-corrected chi connectivity index (χ3v) is 11.1. The van der Waals surface area contributed by atoms with Crippen molar-refractivity contribution in [2.24, 2.45) is 46.0 Å². The van der Waals surface area contributed by atoms with E-state index in [0.29, 0.717) is 18.4 Å². The van der Waals surface area contributed by atoms with Gasteiger partial charge >= 0.3 is 5.97 Å². The smallest absolute Gasteiger partial charge is 0.331 e. The van der Waals surface area contributed by atoms with E-state index in [0.717, 1.165) is 63.4 Å². The highest BCUT2D eigenvalue weighted by molar-refractivity contribution is 5.87. The summed E-state index contributed by atoms with van der Waals surface area (Å²) in [6, 6.07) is -0.830. The number of ether oxygens (including phenoxy) is 1. The van der Waals surface area contributed by atoms with E-state index in [1.165, 1.54) is 0 Å². The summed E-state index contributed by atoms with van der Waals surface area (Å²) in [5, 5.41) is 15.4. The van der Waals surface area contributed by atoms with E-state index in [2.05, 4.69) is 19.2 Å². The fourth-order valence-corrected chi connectivity index (χ4v) is 9.16. The molecule has 194 valence electrons. The molecule has 9 atom stereocenters. The van der Waals surface area contributed by atoms with Crippen molar-refractivity contribution in [3.63, 3.8) is 0 Å². The van der Waals surface area contributed by atoms with Crippen LogP contribution in [0.5, 0.6) is 0 Å². The number of carbonyl (C=O) groups is 3. The molecule has 0 bridgehead atoms. The highest BCUT2D eigenvalue weighted by atomic mass is 16.5. The van der Waals surface area contributed by atoms with Crippen molar-refractivity contribution in [3.8, 4) is 0 Å². The van der Waals surface area contributed by atoms with Crippen LogP contribution in [0, 0.1) is 34.5 Å². The SMILES string of the molecule is C[C@]12CC[C@H](NC(=O)[C@@H](N)CC(N)=O)C[C@H]1CC[C@@H]1[C@@H]2CC[C@]2(C)[C@@H](C3=CC(=O)OC3)CC[C@]12O. The number of hydrogen-bond acceptors (Lipinski definition) is 6. The Kier molecular flexibility index (Phi) is 6.07. The zero-order valence-electron chi connectivity index (χ0n) is 21.1. The van der Waals surface area contributed by atoms with Gasteiger partial charge < -0.3 is 26.6 Å². The third kappa shape index (κ3) is 3.82. The van der Waals surface area contributed by atoms with E-state index >= 15 is 0 Å². The molecule has 0 aromatic heterocycles. The molecule has 6 N–H and O–H groups in total. The monoisotopic (exact) mass is 487 g/mol. The van der Waals surface area contributed by atoms with Gasteiger partial charge in [0.05, 0.1) is 18.1 Å². The fraction of sp³-hybridized carbons (Fsp3) is 0.815. The normalized spacial score (nSPS) is 45.4. The van der Waals surface area contributed by atoms with Gasteiger partial charge in [-0.05, 0) is 92.4 Å².